The lowest BCUT2D eigenvalue weighted by Gasteiger charge is -2.24. The van der Waals surface area contributed by atoms with Gasteiger partial charge in [-0.3, -0.25) is 0 Å². The summed E-state index contributed by atoms with van der Waals surface area (Å²) in [5.41, 5.74) is 3.76. The number of aromatic nitrogens is 1. The number of aryl methyl sites for hydroxylation is 2. The number of nitrogens with zero attached hydrogens (tertiary/aromatic N) is 1. The molecule has 2 aromatic carbocycles. The third-order valence-corrected chi connectivity index (χ3v) is 7.19. The molecule has 1 N–H and O–H groups in total. The predicted octanol–water partition coefficient (Wildman–Crippen LogP) is 7.65. The maximum Gasteiger partial charge on any atom is 0.184 e. The molecule has 3 aromatic rings. The van der Waals surface area contributed by atoms with Gasteiger partial charge in [0.2, 0.25) is 0 Å². The molecule has 1 aliphatic carbocycles. The first kappa shape index (κ1) is 25.4. The fourth-order valence-corrected chi connectivity index (χ4v) is 5.16. The number of rotatable bonds is 8. The number of anilines is 1. The highest BCUT2D eigenvalue weighted by atomic mass is 35.5. The number of halogens is 3. The molecule has 0 bridgehead atoms. The van der Waals surface area contributed by atoms with Gasteiger partial charge in [-0.05, 0) is 61.6 Å². The first-order valence-electron chi connectivity index (χ1n) is 10.7. The molecule has 1 heterocycles. The highest BCUT2D eigenvalue weighted by Crippen LogP contribution is 2.42. The van der Waals surface area contributed by atoms with Crippen LogP contribution in [0.15, 0.2) is 36.4 Å². The van der Waals surface area contributed by atoms with E-state index in [0.29, 0.717) is 10.9 Å². The molecule has 0 saturated heterocycles. The second kappa shape index (κ2) is 10.8. The van der Waals surface area contributed by atoms with Crippen molar-refractivity contribution in [2.24, 2.45) is 5.92 Å². The lowest BCUT2D eigenvalue weighted by atomic mass is 9.87. The molecule has 0 spiro atoms. The zero-order valence-electron chi connectivity index (χ0n) is 18.8. The van der Waals surface area contributed by atoms with Crippen LogP contribution in [0.2, 0.25) is 5.02 Å². The summed E-state index contributed by atoms with van der Waals surface area (Å²) in [4.78, 5) is 5.89. The van der Waals surface area contributed by atoms with Gasteiger partial charge in [0.1, 0.15) is 11.6 Å². The molecule has 33 heavy (non-hydrogen) atoms. The lowest BCUT2D eigenvalue weighted by molar-refractivity contribution is 0.412. The van der Waals surface area contributed by atoms with Gasteiger partial charge in [0, 0.05) is 16.4 Å². The van der Waals surface area contributed by atoms with Gasteiger partial charge in [0.05, 0.1) is 23.9 Å². The van der Waals surface area contributed by atoms with E-state index in [1.807, 2.05) is 38.1 Å². The summed E-state index contributed by atoms with van der Waals surface area (Å²) in [5, 5.41) is 4.83. The van der Waals surface area contributed by atoms with Crippen LogP contribution < -0.4 is 10.1 Å². The molecular formula is C26H27Cl2FN2OS. The summed E-state index contributed by atoms with van der Waals surface area (Å²) in [6, 6.07) is 10.3. The lowest BCUT2D eigenvalue weighted by Crippen LogP contribution is -2.26. The van der Waals surface area contributed by atoms with Gasteiger partial charge >= 0.3 is 0 Å². The van der Waals surface area contributed by atoms with Crippen molar-refractivity contribution in [1.82, 2.24) is 4.98 Å². The van der Waals surface area contributed by atoms with E-state index in [-0.39, 0.29) is 30.2 Å². The molecule has 0 radical (unpaired) electrons. The summed E-state index contributed by atoms with van der Waals surface area (Å²) in [6.45, 7) is 4.01. The minimum atomic E-state index is -0.243. The van der Waals surface area contributed by atoms with Crippen LogP contribution in [-0.4, -0.2) is 18.1 Å². The highest BCUT2D eigenvalue weighted by molar-refractivity contribution is 7.16. The Bertz CT molecular complexity index is 1150. The third-order valence-electron chi connectivity index (χ3n) is 5.98. The Hall–Kier alpha value is -2.26. The maximum atomic E-state index is 13.5. The van der Waals surface area contributed by atoms with Crippen LogP contribution in [0.3, 0.4) is 0 Å². The fourth-order valence-electron chi connectivity index (χ4n) is 4.05. The summed E-state index contributed by atoms with van der Waals surface area (Å²) in [6.07, 6.45) is 9.41. The number of hydrogen-bond donors (Lipinski definition) is 1. The Labute approximate surface area is 210 Å². The number of benzene rings is 2. The molecule has 0 amide bonds. The minimum Gasteiger partial charge on any atom is -0.496 e. The molecule has 4 rings (SSSR count). The monoisotopic (exact) mass is 504 g/mol. The summed E-state index contributed by atoms with van der Waals surface area (Å²) in [5.74, 6) is 4.20. The third kappa shape index (κ3) is 5.81. The van der Waals surface area contributed by atoms with E-state index in [1.54, 1.807) is 18.4 Å². The van der Waals surface area contributed by atoms with Crippen molar-refractivity contribution in [2.75, 3.05) is 12.4 Å². The molecular weight excluding hydrogens is 478 g/mol. The van der Waals surface area contributed by atoms with E-state index in [2.05, 4.69) is 11.2 Å². The second-order valence-electron chi connectivity index (χ2n) is 8.35. The van der Waals surface area contributed by atoms with E-state index < -0.39 is 0 Å². The molecule has 0 aliphatic heterocycles. The smallest absolute Gasteiger partial charge is 0.184 e. The van der Waals surface area contributed by atoms with Gasteiger partial charge in [-0.2, -0.15) is 0 Å². The topological polar surface area (TPSA) is 34.2 Å². The quantitative estimate of drug-likeness (QED) is 0.320. The number of ether oxygens (including phenoxy) is 1. The summed E-state index contributed by atoms with van der Waals surface area (Å²) >= 11 is 8.10. The van der Waals surface area contributed by atoms with Crippen molar-refractivity contribution in [3.8, 4) is 29.4 Å². The number of thiazole rings is 1. The van der Waals surface area contributed by atoms with Crippen LogP contribution in [0.4, 0.5) is 9.52 Å². The van der Waals surface area contributed by atoms with E-state index in [1.165, 1.54) is 25.0 Å². The Balaban J connectivity index is 0.00000306. The fraction of sp³-hybridized carbons (Fsp3) is 0.346. The van der Waals surface area contributed by atoms with Gasteiger partial charge < -0.3 is 10.1 Å². The van der Waals surface area contributed by atoms with Gasteiger partial charge in [-0.25, -0.2) is 9.37 Å². The number of nitrogens with one attached hydrogen (secondary N) is 1. The van der Waals surface area contributed by atoms with Crippen molar-refractivity contribution < 1.29 is 9.13 Å². The largest absolute Gasteiger partial charge is 0.496 e. The summed E-state index contributed by atoms with van der Waals surface area (Å²) < 4.78 is 18.9. The van der Waals surface area contributed by atoms with Crippen LogP contribution in [0.1, 0.15) is 41.2 Å². The van der Waals surface area contributed by atoms with Crippen molar-refractivity contribution in [1.29, 1.82) is 0 Å². The average molecular weight is 505 g/mol. The molecule has 2 unspecified atom stereocenters. The van der Waals surface area contributed by atoms with Crippen molar-refractivity contribution in [2.45, 2.75) is 45.1 Å². The minimum absolute atomic E-state index is 0. The highest BCUT2D eigenvalue weighted by Gasteiger charge is 2.31. The van der Waals surface area contributed by atoms with E-state index in [4.69, 9.17) is 27.7 Å². The van der Waals surface area contributed by atoms with Crippen molar-refractivity contribution in [3.05, 3.63) is 63.2 Å². The van der Waals surface area contributed by atoms with Crippen molar-refractivity contribution in [3.63, 3.8) is 0 Å². The Kier molecular flexibility index (Phi) is 8.28. The van der Waals surface area contributed by atoms with Crippen LogP contribution >= 0.6 is 35.3 Å². The molecule has 1 aromatic heterocycles. The zero-order valence-corrected chi connectivity index (χ0v) is 21.2. The van der Waals surface area contributed by atoms with Gasteiger partial charge in [-0.15, -0.1) is 30.2 Å². The van der Waals surface area contributed by atoms with Crippen LogP contribution in [0, 0.1) is 37.9 Å². The van der Waals surface area contributed by atoms with Gasteiger partial charge in [0.15, 0.2) is 5.13 Å². The average Bonchev–Trinajstić information content (AvgIpc) is 3.53. The number of hydrogen-bond acceptors (Lipinski definition) is 4. The van der Waals surface area contributed by atoms with Gasteiger partial charge in [0.25, 0.3) is 0 Å². The molecule has 3 nitrogen and oxygen atoms in total. The normalized spacial score (nSPS) is 14.7. The number of methoxy groups -OCH3 is 1. The molecule has 1 saturated carbocycles. The zero-order chi connectivity index (χ0) is 22.8. The first-order valence-corrected chi connectivity index (χ1v) is 11.9. The first-order chi connectivity index (χ1) is 15.4. The maximum absolute atomic E-state index is 13.5. The van der Waals surface area contributed by atoms with Crippen molar-refractivity contribution >= 4 is 40.5 Å². The molecule has 7 heteroatoms. The van der Waals surface area contributed by atoms with Crippen LogP contribution in [-0.2, 0) is 0 Å². The van der Waals surface area contributed by atoms with E-state index in [0.717, 1.165) is 44.6 Å². The van der Waals surface area contributed by atoms with E-state index in [9.17, 15) is 4.39 Å². The SMILES string of the molecule is C#CC(Nc1nc(-c2cc(C)c(OC)cc2Cl)c(C)s1)C(CC1CC1)c1ccc(F)cc1.Cl. The Morgan fingerprint density at radius 3 is 2.58 bits per heavy atom. The van der Waals surface area contributed by atoms with Gasteiger partial charge in [-0.1, -0.05) is 42.5 Å². The molecule has 1 aliphatic rings. The molecule has 174 valence electrons. The number of terminal acetylenes is 1. The van der Waals surface area contributed by atoms with Crippen LogP contribution in [0.25, 0.3) is 11.3 Å². The summed E-state index contributed by atoms with van der Waals surface area (Å²) in [7, 11) is 1.63. The Morgan fingerprint density at radius 1 is 1.27 bits per heavy atom. The predicted molar refractivity (Wildman–Crippen MR) is 139 cm³/mol. The molecule has 1 fully saturated rings. The molecule has 2 atom stereocenters. The van der Waals surface area contributed by atoms with E-state index >= 15 is 0 Å². The standard InChI is InChI=1S/C26H26ClFN2OS.ClH/c1-5-23(20(13-17-6-7-17)18-8-10-19(28)11-9-18)29-26-30-25(16(3)32-26)21-12-15(2)24(31-4)14-22(21)27;/h1,8-12,14,17,20,23H,6-7,13H2,2-4H3,(H,29,30);1H. The second-order valence-corrected chi connectivity index (χ2v) is 9.96. The van der Waals surface area contributed by atoms with Crippen LogP contribution in [0.5, 0.6) is 5.75 Å². The Morgan fingerprint density at radius 2 is 1.97 bits per heavy atom.